The Morgan fingerprint density at radius 1 is 1.28 bits per heavy atom. The molecule has 0 radical (unpaired) electrons. The summed E-state index contributed by atoms with van der Waals surface area (Å²) in [7, 11) is 1.45. The van der Waals surface area contributed by atoms with Crippen molar-refractivity contribution < 1.29 is 28.7 Å². The van der Waals surface area contributed by atoms with E-state index in [1.165, 1.54) is 18.4 Å². The molecular weight excluding hydrogens is 456 g/mol. The predicted molar refractivity (Wildman–Crippen MR) is 119 cm³/mol. The van der Waals surface area contributed by atoms with E-state index in [-0.39, 0.29) is 22.0 Å². The van der Waals surface area contributed by atoms with Gasteiger partial charge in [-0.25, -0.2) is 9.59 Å². The maximum atomic E-state index is 12.9. The Morgan fingerprint density at radius 2 is 2.00 bits per heavy atom. The lowest BCUT2D eigenvalue weighted by atomic mass is 9.95. The second kappa shape index (κ2) is 9.09. The molecule has 1 saturated heterocycles. The first-order valence-electron chi connectivity index (χ1n) is 9.63. The number of nitrogens with zero attached hydrogens (tertiary/aromatic N) is 1. The van der Waals surface area contributed by atoms with Gasteiger partial charge in [0.2, 0.25) is 5.91 Å². The number of carbonyl (C=O) groups excluding carboxylic acids is 5. The largest absolute Gasteiger partial charge is 0.462 e. The Kier molecular flexibility index (Phi) is 6.65. The van der Waals surface area contributed by atoms with E-state index in [9.17, 15) is 24.0 Å². The molecule has 3 rings (SSSR count). The van der Waals surface area contributed by atoms with Crippen molar-refractivity contribution in [2.45, 2.75) is 26.3 Å². The van der Waals surface area contributed by atoms with Crippen molar-refractivity contribution in [3.63, 3.8) is 0 Å². The predicted octanol–water partition coefficient (Wildman–Crippen LogP) is 2.06. The highest BCUT2D eigenvalue weighted by Gasteiger charge is 2.49. The Labute approximate surface area is 191 Å². The molecule has 1 aliphatic heterocycles. The van der Waals surface area contributed by atoms with E-state index in [1.54, 1.807) is 37.6 Å². The van der Waals surface area contributed by atoms with Crippen LogP contribution in [0, 0.1) is 6.92 Å². The third-order valence-electron chi connectivity index (χ3n) is 4.99. The summed E-state index contributed by atoms with van der Waals surface area (Å²) in [5.74, 6) is -2.36. The highest BCUT2D eigenvalue weighted by Crippen LogP contribution is 2.34. The number of anilines is 1. The molecular formula is C20H22N4O6S2. The van der Waals surface area contributed by atoms with Gasteiger partial charge in [-0.1, -0.05) is 0 Å². The smallest absolute Gasteiger partial charge is 0.341 e. The van der Waals surface area contributed by atoms with Crippen LogP contribution in [-0.4, -0.2) is 54.8 Å². The number of hydrogen-bond donors (Lipinski definition) is 3. The zero-order valence-corrected chi connectivity index (χ0v) is 19.5. The molecule has 170 valence electrons. The molecule has 3 N–H and O–H groups in total. The second-order valence-electron chi connectivity index (χ2n) is 7.07. The summed E-state index contributed by atoms with van der Waals surface area (Å²) in [6, 6.07) is 1.03. The SMILES string of the molecule is CCOC(=O)c1c(NC(=O)CN2C(=O)NC(C)(c3ccsc3)C2=O)sc(C(=O)NC)c1C. The van der Waals surface area contributed by atoms with Gasteiger partial charge < -0.3 is 20.7 Å². The van der Waals surface area contributed by atoms with Crippen molar-refractivity contribution in [2.24, 2.45) is 0 Å². The Morgan fingerprint density at radius 3 is 2.59 bits per heavy atom. The fraction of sp³-hybridized carbons (Fsp3) is 0.350. The number of esters is 1. The van der Waals surface area contributed by atoms with Gasteiger partial charge in [0.1, 0.15) is 17.1 Å². The topological polar surface area (TPSA) is 134 Å². The summed E-state index contributed by atoms with van der Waals surface area (Å²) in [6.45, 7) is 4.34. The number of thiophene rings is 2. The van der Waals surface area contributed by atoms with Crippen molar-refractivity contribution >= 4 is 57.4 Å². The first kappa shape index (κ1) is 23.4. The average Bonchev–Trinajstić information content (AvgIpc) is 3.44. The van der Waals surface area contributed by atoms with Crippen molar-refractivity contribution in [1.29, 1.82) is 0 Å². The van der Waals surface area contributed by atoms with Crippen LogP contribution in [0.15, 0.2) is 16.8 Å². The van der Waals surface area contributed by atoms with Crippen LogP contribution >= 0.6 is 22.7 Å². The zero-order valence-electron chi connectivity index (χ0n) is 17.9. The van der Waals surface area contributed by atoms with Crippen molar-refractivity contribution in [2.75, 3.05) is 25.5 Å². The molecule has 0 aliphatic carbocycles. The first-order valence-corrected chi connectivity index (χ1v) is 11.4. The number of urea groups is 1. The second-order valence-corrected chi connectivity index (χ2v) is 8.87. The number of rotatable bonds is 7. The summed E-state index contributed by atoms with van der Waals surface area (Å²) in [4.78, 5) is 63.7. The number of nitrogens with one attached hydrogen (secondary N) is 3. The van der Waals surface area contributed by atoms with Crippen LogP contribution in [0.2, 0.25) is 0 Å². The van der Waals surface area contributed by atoms with Crippen molar-refractivity contribution in [3.8, 4) is 0 Å². The molecule has 2 aromatic rings. The maximum absolute atomic E-state index is 12.9. The fourth-order valence-electron chi connectivity index (χ4n) is 3.28. The van der Waals surface area contributed by atoms with Crippen LogP contribution in [0.4, 0.5) is 9.80 Å². The third kappa shape index (κ3) is 4.10. The molecule has 10 nitrogen and oxygen atoms in total. The molecule has 2 aromatic heterocycles. The minimum Gasteiger partial charge on any atom is -0.462 e. The highest BCUT2D eigenvalue weighted by atomic mass is 32.1. The molecule has 12 heteroatoms. The molecule has 32 heavy (non-hydrogen) atoms. The number of hydrogen-bond acceptors (Lipinski definition) is 8. The van der Waals surface area contributed by atoms with Gasteiger partial charge in [-0.2, -0.15) is 11.3 Å². The number of amides is 5. The van der Waals surface area contributed by atoms with E-state index < -0.39 is 41.8 Å². The van der Waals surface area contributed by atoms with E-state index in [2.05, 4.69) is 16.0 Å². The van der Waals surface area contributed by atoms with Crippen molar-refractivity contribution in [1.82, 2.24) is 15.5 Å². The molecule has 0 saturated carbocycles. The van der Waals surface area contributed by atoms with Crippen LogP contribution in [0.3, 0.4) is 0 Å². The molecule has 5 amide bonds. The number of ether oxygens (including phenoxy) is 1. The molecule has 1 atom stereocenters. The van der Waals surface area contributed by atoms with Crippen LogP contribution in [0.25, 0.3) is 0 Å². The van der Waals surface area contributed by atoms with Gasteiger partial charge in [0.05, 0.1) is 17.0 Å². The van der Waals surface area contributed by atoms with Crippen LogP contribution < -0.4 is 16.0 Å². The van der Waals surface area contributed by atoms with Gasteiger partial charge >= 0.3 is 12.0 Å². The number of imide groups is 1. The number of carbonyl (C=O) groups is 5. The summed E-state index contributed by atoms with van der Waals surface area (Å²) in [6.07, 6.45) is 0. The third-order valence-corrected chi connectivity index (χ3v) is 6.88. The molecule has 0 spiro atoms. The van der Waals surface area contributed by atoms with Crippen LogP contribution in [0.1, 0.15) is 45.0 Å². The van der Waals surface area contributed by atoms with E-state index in [0.29, 0.717) is 11.1 Å². The first-order chi connectivity index (χ1) is 15.1. The Bertz CT molecular complexity index is 1090. The lowest BCUT2D eigenvalue weighted by Crippen LogP contribution is -2.41. The Hall–Kier alpha value is -3.25. The molecule has 1 fully saturated rings. The standard InChI is InChI=1S/C20H22N4O6S2/c1-5-30-17(27)13-10(2)14(15(26)21-4)32-16(13)22-12(25)8-24-18(28)20(3,23-19(24)29)11-6-7-31-9-11/h6-7,9H,5,8H2,1-4H3,(H,21,26)(H,22,25)(H,23,29). The summed E-state index contributed by atoms with van der Waals surface area (Å²) in [5, 5.41) is 11.3. The lowest BCUT2D eigenvalue weighted by molar-refractivity contribution is -0.133. The highest BCUT2D eigenvalue weighted by molar-refractivity contribution is 7.18. The van der Waals surface area contributed by atoms with Gasteiger partial charge in [0.15, 0.2) is 0 Å². The molecule has 0 bridgehead atoms. The zero-order chi connectivity index (χ0) is 23.6. The van der Waals surface area contributed by atoms with Gasteiger partial charge in [0, 0.05) is 7.05 Å². The van der Waals surface area contributed by atoms with E-state index in [0.717, 1.165) is 16.2 Å². The normalized spacial score (nSPS) is 17.8. The lowest BCUT2D eigenvalue weighted by Gasteiger charge is -2.20. The summed E-state index contributed by atoms with van der Waals surface area (Å²) < 4.78 is 5.05. The quantitative estimate of drug-likeness (QED) is 0.412. The van der Waals surface area contributed by atoms with E-state index in [4.69, 9.17) is 4.74 Å². The van der Waals surface area contributed by atoms with Gasteiger partial charge in [0.25, 0.3) is 11.8 Å². The monoisotopic (exact) mass is 478 g/mol. The fourth-order valence-corrected chi connectivity index (χ4v) is 5.20. The summed E-state index contributed by atoms with van der Waals surface area (Å²) in [5.41, 5.74) is -0.219. The van der Waals surface area contributed by atoms with Crippen molar-refractivity contribution in [3.05, 3.63) is 38.4 Å². The van der Waals surface area contributed by atoms with E-state index in [1.807, 2.05) is 0 Å². The van der Waals surface area contributed by atoms with Gasteiger partial charge in [-0.3, -0.25) is 19.3 Å². The van der Waals surface area contributed by atoms with Gasteiger partial charge in [-0.05, 0) is 48.7 Å². The minimum atomic E-state index is -1.26. The van der Waals surface area contributed by atoms with Gasteiger partial charge in [-0.15, -0.1) is 11.3 Å². The molecule has 3 heterocycles. The minimum absolute atomic E-state index is 0.0594. The summed E-state index contributed by atoms with van der Waals surface area (Å²) >= 11 is 2.30. The maximum Gasteiger partial charge on any atom is 0.341 e. The van der Waals surface area contributed by atoms with E-state index >= 15 is 0 Å². The molecule has 1 unspecified atom stereocenters. The molecule has 1 aliphatic rings. The molecule has 0 aromatic carbocycles. The van der Waals surface area contributed by atoms with Crippen LogP contribution in [0.5, 0.6) is 0 Å². The van der Waals surface area contributed by atoms with Crippen LogP contribution in [-0.2, 0) is 19.9 Å². The Balaban J connectivity index is 1.83. The average molecular weight is 479 g/mol.